The van der Waals surface area contributed by atoms with Gasteiger partial charge in [-0.1, -0.05) is 28.1 Å². The molecule has 132 valence electrons. The van der Waals surface area contributed by atoms with Crippen LogP contribution < -0.4 is 5.32 Å². The Balaban J connectivity index is 1.86. The maximum Gasteiger partial charge on any atom is 0.407 e. The van der Waals surface area contributed by atoms with Crippen molar-refractivity contribution >= 4 is 27.9 Å². The van der Waals surface area contributed by atoms with Crippen LogP contribution in [-0.4, -0.2) is 35.6 Å². The molecule has 1 fully saturated rings. The molecule has 1 N–H and O–H groups in total. The van der Waals surface area contributed by atoms with Crippen molar-refractivity contribution in [2.24, 2.45) is 0 Å². The lowest BCUT2D eigenvalue weighted by molar-refractivity contribution is -0.132. The third kappa shape index (κ3) is 5.51. The molecule has 1 aliphatic heterocycles. The number of nitrogens with zero attached hydrogens (tertiary/aromatic N) is 1. The number of carbonyl (C=O) groups excluding carboxylic acids is 2. The summed E-state index contributed by atoms with van der Waals surface area (Å²) < 4.78 is 6.19. The van der Waals surface area contributed by atoms with Crippen LogP contribution in [-0.2, 0) is 9.53 Å². The van der Waals surface area contributed by atoms with Crippen molar-refractivity contribution in [3.63, 3.8) is 0 Å². The number of nitrogens with one attached hydrogen (secondary N) is 1. The number of hydrogen-bond donors (Lipinski definition) is 1. The van der Waals surface area contributed by atoms with E-state index in [1.165, 1.54) is 0 Å². The van der Waals surface area contributed by atoms with Crippen molar-refractivity contribution in [1.29, 1.82) is 0 Å². The fourth-order valence-electron chi connectivity index (χ4n) is 2.85. The zero-order valence-electron chi connectivity index (χ0n) is 14.5. The first-order valence-electron chi connectivity index (χ1n) is 8.28. The van der Waals surface area contributed by atoms with Crippen molar-refractivity contribution < 1.29 is 14.3 Å². The fourth-order valence-corrected chi connectivity index (χ4v) is 3.27. The molecule has 0 spiro atoms. The molecule has 0 radical (unpaired) electrons. The summed E-state index contributed by atoms with van der Waals surface area (Å²) >= 11 is 3.48. The van der Waals surface area contributed by atoms with E-state index in [2.05, 4.69) is 33.4 Å². The van der Waals surface area contributed by atoms with E-state index < -0.39 is 11.7 Å². The number of amides is 2. The molecule has 0 aromatic heterocycles. The number of ether oxygens (including phenoxy) is 1. The van der Waals surface area contributed by atoms with E-state index in [9.17, 15) is 9.59 Å². The van der Waals surface area contributed by atoms with E-state index in [1.54, 1.807) is 0 Å². The van der Waals surface area contributed by atoms with Crippen molar-refractivity contribution in [3.05, 3.63) is 34.3 Å². The Morgan fingerprint density at radius 2 is 2.12 bits per heavy atom. The summed E-state index contributed by atoms with van der Waals surface area (Å²) in [6, 6.07) is 8.21. The predicted molar refractivity (Wildman–Crippen MR) is 96.7 cm³/mol. The van der Waals surface area contributed by atoms with E-state index in [-0.39, 0.29) is 24.9 Å². The van der Waals surface area contributed by atoms with Crippen LogP contribution in [0.5, 0.6) is 0 Å². The molecule has 0 saturated carbocycles. The molecule has 5 nitrogen and oxygen atoms in total. The molecule has 24 heavy (non-hydrogen) atoms. The third-order valence-electron chi connectivity index (χ3n) is 3.81. The highest BCUT2D eigenvalue weighted by Crippen LogP contribution is 2.33. The number of likely N-dealkylation sites (tertiary alicyclic amines) is 1. The summed E-state index contributed by atoms with van der Waals surface area (Å²) in [5.74, 6) is 0.0635. The van der Waals surface area contributed by atoms with Gasteiger partial charge < -0.3 is 15.0 Å². The van der Waals surface area contributed by atoms with Gasteiger partial charge in [-0.3, -0.25) is 4.79 Å². The normalized spacial score (nSPS) is 17.7. The average molecular weight is 397 g/mol. The van der Waals surface area contributed by atoms with Gasteiger partial charge in [-0.2, -0.15) is 0 Å². The second kappa shape index (κ2) is 8.01. The molecule has 0 bridgehead atoms. The van der Waals surface area contributed by atoms with Crippen molar-refractivity contribution in [1.82, 2.24) is 10.2 Å². The maximum absolute atomic E-state index is 12.5. The molecular formula is C18H25BrN2O3. The second-order valence-corrected chi connectivity index (χ2v) is 7.89. The van der Waals surface area contributed by atoms with Gasteiger partial charge in [0.2, 0.25) is 5.91 Å². The second-order valence-electron chi connectivity index (χ2n) is 6.98. The van der Waals surface area contributed by atoms with Gasteiger partial charge in [-0.15, -0.1) is 0 Å². The molecule has 1 aromatic rings. The Kier molecular flexibility index (Phi) is 6.27. The van der Waals surface area contributed by atoms with Crippen molar-refractivity contribution in [2.75, 3.05) is 13.1 Å². The highest BCUT2D eigenvalue weighted by molar-refractivity contribution is 9.10. The van der Waals surface area contributed by atoms with E-state index in [1.807, 2.05) is 37.8 Å². The fraction of sp³-hybridized carbons (Fsp3) is 0.556. The van der Waals surface area contributed by atoms with Crippen molar-refractivity contribution in [3.8, 4) is 0 Å². The molecule has 1 atom stereocenters. The minimum Gasteiger partial charge on any atom is -0.444 e. The summed E-state index contributed by atoms with van der Waals surface area (Å²) in [6.45, 7) is 6.48. The Morgan fingerprint density at radius 3 is 2.79 bits per heavy atom. The Bertz CT molecular complexity index is 598. The zero-order chi connectivity index (χ0) is 17.7. The number of carbonyl (C=O) groups is 2. The largest absolute Gasteiger partial charge is 0.444 e. The average Bonchev–Trinajstić information content (AvgIpc) is 2.94. The van der Waals surface area contributed by atoms with Crippen LogP contribution in [0.25, 0.3) is 0 Å². The van der Waals surface area contributed by atoms with Gasteiger partial charge in [0.1, 0.15) is 5.60 Å². The van der Waals surface area contributed by atoms with Gasteiger partial charge in [-0.05, 0) is 51.3 Å². The predicted octanol–water partition coefficient (Wildman–Crippen LogP) is 4.03. The van der Waals surface area contributed by atoms with Crippen LogP contribution in [0.3, 0.4) is 0 Å². The number of benzene rings is 1. The van der Waals surface area contributed by atoms with Gasteiger partial charge in [0.25, 0.3) is 0 Å². The standard InChI is InChI=1S/C18H25BrN2O3/c1-18(2,3)24-17(23)20-10-9-16(22)21-11-5-8-15(21)13-6-4-7-14(19)12-13/h4,6-7,12,15H,5,8-11H2,1-3H3,(H,20,23). The molecular weight excluding hydrogens is 372 g/mol. The SMILES string of the molecule is CC(C)(C)OC(=O)NCCC(=O)N1CCCC1c1cccc(Br)c1. The minimum atomic E-state index is -0.533. The molecule has 6 heteroatoms. The first kappa shape index (κ1) is 18.8. The highest BCUT2D eigenvalue weighted by atomic mass is 79.9. The molecule has 0 aliphatic carbocycles. The van der Waals surface area contributed by atoms with Crippen LogP contribution in [0.1, 0.15) is 51.6 Å². The molecule has 2 amide bonds. The van der Waals surface area contributed by atoms with Gasteiger partial charge in [0.05, 0.1) is 6.04 Å². The van der Waals surface area contributed by atoms with Crippen LogP contribution in [0.4, 0.5) is 4.79 Å². The molecule has 1 unspecified atom stereocenters. The van der Waals surface area contributed by atoms with Crippen molar-refractivity contribution in [2.45, 2.75) is 51.7 Å². The van der Waals surface area contributed by atoms with Gasteiger partial charge in [0, 0.05) is 24.0 Å². The summed E-state index contributed by atoms with van der Waals surface area (Å²) in [6.07, 6.45) is 1.77. The molecule has 1 aliphatic rings. The summed E-state index contributed by atoms with van der Waals surface area (Å²) in [5, 5.41) is 2.64. The lowest BCUT2D eigenvalue weighted by Crippen LogP contribution is -2.36. The van der Waals surface area contributed by atoms with Crippen LogP contribution in [0, 0.1) is 0 Å². The first-order valence-corrected chi connectivity index (χ1v) is 9.07. The van der Waals surface area contributed by atoms with Gasteiger partial charge in [-0.25, -0.2) is 4.79 Å². The van der Waals surface area contributed by atoms with Gasteiger partial charge in [0.15, 0.2) is 0 Å². The summed E-state index contributed by atoms with van der Waals surface area (Å²) in [4.78, 5) is 26.0. The topological polar surface area (TPSA) is 58.6 Å². The quantitative estimate of drug-likeness (QED) is 0.835. The number of hydrogen-bond acceptors (Lipinski definition) is 3. The Hall–Kier alpha value is -1.56. The van der Waals surface area contributed by atoms with E-state index in [4.69, 9.17) is 4.74 Å². The van der Waals surface area contributed by atoms with Crippen LogP contribution in [0.15, 0.2) is 28.7 Å². The van der Waals surface area contributed by atoms with E-state index in [0.717, 1.165) is 29.4 Å². The summed E-state index contributed by atoms with van der Waals surface area (Å²) in [5.41, 5.74) is 0.616. The zero-order valence-corrected chi connectivity index (χ0v) is 16.1. The number of alkyl carbamates (subject to hydrolysis) is 1. The lowest BCUT2D eigenvalue weighted by atomic mass is 10.0. The molecule has 1 saturated heterocycles. The first-order chi connectivity index (χ1) is 11.3. The Labute approximate surface area is 151 Å². The number of rotatable bonds is 4. The van der Waals surface area contributed by atoms with Gasteiger partial charge >= 0.3 is 6.09 Å². The van der Waals surface area contributed by atoms with Crippen LogP contribution in [0.2, 0.25) is 0 Å². The van der Waals surface area contributed by atoms with Crippen LogP contribution >= 0.6 is 15.9 Å². The molecule has 2 rings (SSSR count). The van der Waals surface area contributed by atoms with E-state index in [0.29, 0.717) is 0 Å². The molecule has 1 aromatic carbocycles. The smallest absolute Gasteiger partial charge is 0.407 e. The minimum absolute atomic E-state index is 0.0635. The summed E-state index contributed by atoms with van der Waals surface area (Å²) in [7, 11) is 0. The highest BCUT2D eigenvalue weighted by Gasteiger charge is 2.29. The van der Waals surface area contributed by atoms with E-state index >= 15 is 0 Å². The monoisotopic (exact) mass is 396 g/mol. The number of halogens is 1. The lowest BCUT2D eigenvalue weighted by Gasteiger charge is -2.25. The maximum atomic E-state index is 12.5. The Morgan fingerprint density at radius 1 is 1.38 bits per heavy atom. The third-order valence-corrected chi connectivity index (χ3v) is 4.31. The molecule has 1 heterocycles.